The summed E-state index contributed by atoms with van der Waals surface area (Å²) >= 11 is 0. The SMILES string of the molecule is CC(O)(CNC(=O)C1(C)CCCCC1)C(=O)O. The molecule has 0 saturated heterocycles. The number of carboxylic acids is 1. The van der Waals surface area contributed by atoms with E-state index in [9.17, 15) is 14.7 Å². The van der Waals surface area contributed by atoms with Crippen LogP contribution in [0.1, 0.15) is 46.0 Å². The minimum absolute atomic E-state index is 0.154. The van der Waals surface area contributed by atoms with Crippen LogP contribution in [-0.4, -0.2) is 34.2 Å². The average molecular weight is 243 g/mol. The van der Waals surface area contributed by atoms with Crippen LogP contribution < -0.4 is 5.32 Å². The number of aliphatic hydroxyl groups is 1. The Hall–Kier alpha value is -1.10. The molecule has 0 aromatic carbocycles. The highest BCUT2D eigenvalue weighted by molar-refractivity contribution is 5.84. The second-order valence-corrected chi connectivity index (χ2v) is 5.38. The molecular weight excluding hydrogens is 222 g/mol. The highest BCUT2D eigenvalue weighted by Gasteiger charge is 2.37. The molecular formula is C12H21NO4. The quantitative estimate of drug-likeness (QED) is 0.685. The van der Waals surface area contributed by atoms with Crippen LogP contribution in [0, 0.1) is 5.41 Å². The molecule has 1 unspecified atom stereocenters. The van der Waals surface area contributed by atoms with Gasteiger partial charge in [-0.05, 0) is 19.8 Å². The first kappa shape index (κ1) is 14.0. The molecule has 0 aromatic heterocycles. The van der Waals surface area contributed by atoms with Crippen molar-refractivity contribution in [2.45, 2.75) is 51.6 Å². The van der Waals surface area contributed by atoms with Crippen molar-refractivity contribution in [1.82, 2.24) is 5.32 Å². The Balaban J connectivity index is 2.52. The minimum atomic E-state index is -1.90. The molecule has 5 heteroatoms. The fourth-order valence-electron chi connectivity index (χ4n) is 2.10. The largest absolute Gasteiger partial charge is 0.479 e. The van der Waals surface area contributed by atoms with Gasteiger partial charge in [-0.3, -0.25) is 4.79 Å². The van der Waals surface area contributed by atoms with E-state index in [1.54, 1.807) is 0 Å². The van der Waals surface area contributed by atoms with Crippen molar-refractivity contribution in [2.75, 3.05) is 6.54 Å². The Kier molecular flexibility index (Phi) is 4.14. The standard InChI is InChI=1S/C12H21NO4/c1-11(6-4-3-5-7-11)9(14)13-8-12(2,17)10(15)16/h17H,3-8H2,1-2H3,(H,13,14)(H,15,16). The van der Waals surface area contributed by atoms with Gasteiger partial charge in [0.05, 0.1) is 6.54 Å². The normalized spacial score (nSPS) is 22.5. The molecule has 0 aliphatic heterocycles. The van der Waals surface area contributed by atoms with Crippen molar-refractivity contribution in [3.8, 4) is 0 Å². The summed E-state index contributed by atoms with van der Waals surface area (Å²) in [6, 6.07) is 0. The van der Waals surface area contributed by atoms with Gasteiger partial charge in [0.1, 0.15) is 0 Å². The van der Waals surface area contributed by atoms with Crippen molar-refractivity contribution in [1.29, 1.82) is 0 Å². The summed E-state index contributed by atoms with van der Waals surface area (Å²) in [5.74, 6) is -1.48. The molecule has 98 valence electrons. The first-order valence-corrected chi connectivity index (χ1v) is 6.02. The third-order valence-electron chi connectivity index (χ3n) is 3.56. The smallest absolute Gasteiger partial charge is 0.337 e. The van der Waals surface area contributed by atoms with Gasteiger partial charge in [0.15, 0.2) is 5.60 Å². The highest BCUT2D eigenvalue weighted by Crippen LogP contribution is 2.35. The zero-order valence-corrected chi connectivity index (χ0v) is 10.5. The van der Waals surface area contributed by atoms with Crippen molar-refractivity contribution >= 4 is 11.9 Å². The third-order valence-corrected chi connectivity index (χ3v) is 3.56. The first-order chi connectivity index (χ1) is 7.78. The van der Waals surface area contributed by atoms with Crippen LogP contribution in [0.2, 0.25) is 0 Å². The van der Waals surface area contributed by atoms with Gasteiger partial charge in [-0.15, -0.1) is 0 Å². The zero-order valence-electron chi connectivity index (χ0n) is 10.5. The predicted octanol–water partition coefficient (Wildman–Crippen LogP) is 0.909. The van der Waals surface area contributed by atoms with E-state index in [0.717, 1.165) is 32.1 Å². The fourth-order valence-corrected chi connectivity index (χ4v) is 2.10. The summed E-state index contributed by atoms with van der Waals surface area (Å²) in [6.07, 6.45) is 4.86. The maximum Gasteiger partial charge on any atom is 0.337 e. The van der Waals surface area contributed by atoms with Crippen LogP contribution in [0.4, 0.5) is 0 Å². The lowest BCUT2D eigenvalue weighted by molar-refractivity contribution is -0.156. The Labute approximate surface area is 101 Å². The van der Waals surface area contributed by atoms with Crippen LogP contribution in [0.25, 0.3) is 0 Å². The molecule has 1 fully saturated rings. The molecule has 1 aliphatic rings. The molecule has 0 heterocycles. The van der Waals surface area contributed by atoms with Crippen LogP contribution in [0.3, 0.4) is 0 Å². The van der Waals surface area contributed by atoms with E-state index >= 15 is 0 Å². The Morgan fingerprint density at radius 1 is 1.29 bits per heavy atom. The molecule has 3 N–H and O–H groups in total. The van der Waals surface area contributed by atoms with E-state index in [-0.39, 0.29) is 12.5 Å². The lowest BCUT2D eigenvalue weighted by Crippen LogP contribution is -2.50. The molecule has 5 nitrogen and oxygen atoms in total. The number of rotatable bonds is 4. The second kappa shape index (κ2) is 5.04. The number of amides is 1. The van der Waals surface area contributed by atoms with E-state index in [2.05, 4.69) is 5.32 Å². The van der Waals surface area contributed by atoms with E-state index < -0.39 is 17.0 Å². The minimum Gasteiger partial charge on any atom is -0.479 e. The second-order valence-electron chi connectivity index (χ2n) is 5.38. The number of carboxylic acid groups (broad SMARTS) is 1. The Morgan fingerprint density at radius 3 is 2.29 bits per heavy atom. The summed E-state index contributed by atoms with van der Waals surface area (Å²) in [4.78, 5) is 22.7. The summed E-state index contributed by atoms with van der Waals surface area (Å²) < 4.78 is 0. The molecule has 0 radical (unpaired) electrons. The predicted molar refractivity (Wildman–Crippen MR) is 62.5 cm³/mol. The molecule has 1 aliphatic carbocycles. The van der Waals surface area contributed by atoms with Crippen molar-refractivity contribution in [3.05, 3.63) is 0 Å². The van der Waals surface area contributed by atoms with Crippen molar-refractivity contribution < 1.29 is 19.8 Å². The lowest BCUT2D eigenvalue weighted by atomic mass is 9.75. The van der Waals surface area contributed by atoms with Crippen LogP contribution in [-0.2, 0) is 9.59 Å². The molecule has 1 saturated carbocycles. The zero-order chi connectivity index (χ0) is 13.1. The summed E-state index contributed by atoms with van der Waals surface area (Å²) in [6.45, 7) is 2.83. The molecule has 0 bridgehead atoms. The number of carbonyl (C=O) groups excluding carboxylic acids is 1. The summed E-state index contributed by atoms with van der Waals surface area (Å²) in [5.41, 5.74) is -2.31. The first-order valence-electron chi connectivity index (χ1n) is 6.02. The van der Waals surface area contributed by atoms with Gasteiger partial charge in [0.2, 0.25) is 5.91 Å². The van der Waals surface area contributed by atoms with Gasteiger partial charge >= 0.3 is 5.97 Å². The molecule has 17 heavy (non-hydrogen) atoms. The topological polar surface area (TPSA) is 86.6 Å². The number of nitrogens with one attached hydrogen (secondary N) is 1. The van der Waals surface area contributed by atoms with E-state index in [1.165, 1.54) is 6.92 Å². The Bertz CT molecular complexity index is 306. The number of aliphatic carboxylic acids is 1. The average Bonchev–Trinajstić information content (AvgIpc) is 2.26. The molecule has 1 rings (SSSR count). The van der Waals surface area contributed by atoms with Gasteiger partial charge in [-0.2, -0.15) is 0 Å². The lowest BCUT2D eigenvalue weighted by Gasteiger charge is -2.32. The van der Waals surface area contributed by atoms with E-state index in [1.807, 2.05) is 6.92 Å². The maximum atomic E-state index is 12.0. The number of carbonyl (C=O) groups is 2. The van der Waals surface area contributed by atoms with E-state index in [0.29, 0.717) is 0 Å². The van der Waals surface area contributed by atoms with Gasteiger partial charge in [0, 0.05) is 5.41 Å². The third kappa shape index (κ3) is 3.43. The van der Waals surface area contributed by atoms with Crippen LogP contribution in [0.15, 0.2) is 0 Å². The highest BCUT2D eigenvalue weighted by atomic mass is 16.4. The van der Waals surface area contributed by atoms with Crippen molar-refractivity contribution in [3.63, 3.8) is 0 Å². The maximum absolute atomic E-state index is 12.0. The van der Waals surface area contributed by atoms with Gasteiger partial charge in [-0.25, -0.2) is 4.79 Å². The van der Waals surface area contributed by atoms with Gasteiger partial charge in [0.25, 0.3) is 0 Å². The van der Waals surface area contributed by atoms with E-state index in [4.69, 9.17) is 5.11 Å². The van der Waals surface area contributed by atoms with Gasteiger partial charge < -0.3 is 15.5 Å². The van der Waals surface area contributed by atoms with Crippen molar-refractivity contribution in [2.24, 2.45) is 5.41 Å². The number of hydrogen-bond donors (Lipinski definition) is 3. The molecule has 0 spiro atoms. The van der Waals surface area contributed by atoms with Crippen LogP contribution >= 0.6 is 0 Å². The number of hydrogen-bond acceptors (Lipinski definition) is 3. The monoisotopic (exact) mass is 243 g/mol. The summed E-state index contributed by atoms with van der Waals surface area (Å²) in [7, 11) is 0. The van der Waals surface area contributed by atoms with Crippen LogP contribution in [0.5, 0.6) is 0 Å². The molecule has 1 amide bonds. The summed E-state index contributed by atoms with van der Waals surface area (Å²) in [5, 5.41) is 20.8. The fraction of sp³-hybridized carbons (Fsp3) is 0.833. The molecule has 1 atom stereocenters. The molecule has 0 aromatic rings. The van der Waals surface area contributed by atoms with Gasteiger partial charge in [-0.1, -0.05) is 26.2 Å². The Morgan fingerprint density at radius 2 is 1.82 bits per heavy atom.